The van der Waals surface area contributed by atoms with Crippen LogP contribution in [0.3, 0.4) is 0 Å². The summed E-state index contributed by atoms with van der Waals surface area (Å²) in [5.74, 6) is -0.0884. The molecule has 0 saturated carbocycles. The van der Waals surface area contributed by atoms with E-state index in [4.69, 9.17) is 0 Å². The fraction of sp³-hybridized carbons (Fsp3) is 0.286. The van der Waals surface area contributed by atoms with E-state index in [1.165, 1.54) is 9.75 Å². The molecule has 2 rings (SSSR count). The molecule has 2 heterocycles. The van der Waals surface area contributed by atoms with Gasteiger partial charge in [0.1, 0.15) is 0 Å². The Labute approximate surface area is 125 Å². The third-order valence-electron chi connectivity index (χ3n) is 2.65. The summed E-state index contributed by atoms with van der Waals surface area (Å²) in [6, 6.07) is 6.09. The standard InChI is InChI=1S/C14H15BrN2OS/c1-9(5-13-4-3-10(2)19-13)17-14(18)11-6-12(15)8-16-7-11/h3-4,6-9H,5H2,1-2H3,(H,17,18)/t9-/m0/s1. The Kier molecular flexibility index (Phi) is 4.71. The molecular weight excluding hydrogens is 324 g/mol. The van der Waals surface area contributed by atoms with Crippen molar-refractivity contribution in [3.8, 4) is 0 Å². The number of carbonyl (C=O) groups is 1. The van der Waals surface area contributed by atoms with Crippen LogP contribution >= 0.6 is 27.3 Å². The first-order valence-corrected chi connectivity index (χ1v) is 7.62. The van der Waals surface area contributed by atoms with Crippen LogP contribution in [-0.2, 0) is 6.42 Å². The van der Waals surface area contributed by atoms with E-state index in [-0.39, 0.29) is 11.9 Å². The number of thiophene rings is 1. The average molecular weight is 339 g/mol. The minimum atomic E-state index is -0.0884. The van der Waals surface area contributed by atoms with Crippen LogP contribution in [0.2, 0.25) is 0 Å². The van der Waals surface area contributed by atoms with Crippen molar-refractivity contribution in [2.75, 3.05) is 0 Å². The highest BCUT2D eigenvalue weighted by Gasteiger charge is 2.11. The second-order valence-electron chi connectivity index (χ2n) is 4.48. The third-order valence-corrected chi connectivity index (χ3v) is 4.10. The molecule has 2 aromatic rings. The van der Waals surface area contributed by atoms with Crippen molar-refractivity contribution in [3.63, 3.8) is 0 Å². The van der Waals surface area contributed by atoms with Crippen LogP contribution in [0.1, 0.15) is 27.0 Å². The van der Waals surface area contributed by atoms with Crippen LogP contribution in [-0.4, -0.2) is 16.9 Å². The Bertz CT molecular complexity index is 582. The van der Waals surface area contributed by atoms with Crippen molar-refractivity contribution in [1.29, 1.82) is 0 Å². The van der Waals surface area contributed by atoms with Gasteiger partial charge in [-0.3, -0.25) is 9.78 Å². The van der Waals surface area contributed by atoms with E-state index in [1.54, 1.807) is 29.8 Å². The molecule has 0 unspecified atom stereocenters. The summed E-state index contributed by atoms with van der Waals surface area (Å²) in [4.78, 5) is 18.6. The normalized spacial score (nSPS) is 12.2. The number of nitrogens with one attached hydrogen (secondary N) is 1. The molecule has 0 bridgehead atoms. The minimum absolute atomic E-state index is 0.0884. The molecule has 3 nitrogen and oxygen atoms in total. The first-order valence-electron chi connectivity index (χ1n) is 6.01. The zero-order valence-electron chi connectivity index (χ0n) is 10.8. The molecule has 100 valence electrons. The van der Waals surface area contributed by atoms with Gasteiger partial charge in [0.2, 0.25) is 0 Å². The minimum Gasteiger partial charge on any atom is -0.349 e. The van der Waals surface area contributed by atoms with Crippen LogP contribution in [0.15, 0.2) is 35.1 Å². The lowest BCUT2D eigenvalue weighted by molar-refractivity contribution is 0.0940. The summed E-state index contributed by atoms with van der Waals surface area (Å²) in [6.07, 6.45) is 4.09. The molecule has 0 aliphatic carbocycles. The van der Waals surface area contributed by atoms with Gasteiger partial charge in [-0.25, -0.2) is 0 Å². The van der Waals surface area contributed by atoms with Gasteiger partial charge < -0.3 is 5.32 Å². The van der Waals surface area contributed by atoms with Gasteiger partial charge in [-0.2, -0.15) is 0 Å². The summed E-state index contributed by atoms with van der Waals surface area (Å²) < 4.78 is 0.807. The highest BCUT2D eigenvalue weighted by atomic mass is 79.9. The Hall–Kier alpha value is -1.20. The first-order chi connectivity index (χ1) is 9.04. The summed E-state index contributed by atoms with van der Waals surface area (Å²) in [5.41, 5.74) is 0.573. The van der Waals surface area contributed by atoms with Crippen LogP contribution in [0.4, 0.5) is 0 Å². The van der Waals surface area contributed by atoms with E-state index >= 15 is 0 Å². The molecule has 2 aromatic heterocycles. The van der Waals surface area contributed by atoms with Gasteiger partial charge in [-0.15, -0.1) is 11.3 Å². The highest BCUT2D eigenvalue weighted by Crippen LogP contribution is 2.17. The number of hydrogen-bond acceptors (Lipinski definition) is 3. The molecule has 0 radical (unpaired) electrons. The highest BCUT2D eigenvalue weighted by molar-refractivity contribution is 9.10. The van der Waals surface area contributed by atoms with Crippen molar-refractivity contribution < 1.29 is 4.79 Å². The van der Waals surface area contributed by atoms with Gasteiger partial charge in [0, 0.05) is 39.1 Å². The predicted molar refractivity (Wildman–Crippen MR) is 81.6 cm³/mol. The Morgan fingerprint density at radius 1 is 1.47 bits per heavy atom. The summed E-state index contributed by atoms with van der Waals surface area (Å²) in [6.45, 7) is 4.10. The number of hydrogen-bond donors (Lipinski definition) is 1. The van der Waals surface area contributed by atoms with Crippen molar-refractivity contribution in [2.45, 2.75) is 26.3 Å². The van der Waals surface area contributed by atoms with Crippen molar-refractivity contribution in [3.05, 3.63) is 50.4 Å². The van der Waals surface area contributed by atoms with E-state index in [0.717, 1.165) is 10.9 Å². The summed E-state index contributed by atoms with van der Waals surface area (Å²) in [7, 11) is 0. The number of halogens is 1. The summed E-state index contributed by atoms with van der Waals surface area (Å²) >= 11 is 5.08. The van der Waals surface area contributed by atoms with Gasteiger partial charge in [-0.1, -0.05) is 0 Å². The zero-order chi connectivity index (χ0) is 13.8. The topological polar surface area (TPSA) is 42.0 Å². The third kappa shape index (κ3) is 4.14. The molecule has 0 saturated heterocycles. The molecule has 1 N–H and O–H groups in total. The second kappa shape index (κ2) is 6.30. The first kappa shape index (κ1) is 14.2. The maximum atomic E-state index is 12.0. The van der Waals surface area contributed by atoms with Crippen molar-refractivity contribution in [2.24, 2.45) is 0 Å². The molecule has 1 amide bonds. The Morgan fingerprint density at radius 2 is 2.26 bits per heavy atom. The molecule has 0 fully saturated rings. The maximum Gasteiger partial charge on any atom is 0.253 e. The zero-order valence-corrected chi connectivity index (χ0v) is 13.2. The lowest BCUT2D eigenvalue weighted by Crippen LogP contribution is -2.33. The molecular formula is C14H15BrN2OS. The fourth-order valence-electron chi connectivity index (χ4n) is 1.79. The number of nitrogens with zero attached hydrogens (tertiary/aromatic N) is 1. The maximum absolute atomic E-state index is 12.0. The van der Waals surface area contributed by atoms with Gasteiger partial charge in [-0.05, 0) is 48.0 Å². The molecule has 0 aliphatic rings. The largest absolute Gasteiger partial charge is 0.349 e. The van der Waals surface area contributed by atoms with Gasteiger partial charge in [0.25, 0.3) is 5.91 Å². The number of amides is 1. The molecule has 0 aliphatic heterocycles. The average Bonchev–Trinajstić information content (AvgIpc) is 2.74. The molecule has 5 heteroatoms. The monoisotopic (exact) mass is 338 g/mol. The van der Waals surface area contributed by atoms with Crippen molar-refractivity contribution >= 4 is 33.2 Å². The predicted octanol–water partition coefficient (Wildman–Crippen LogP) is 3.58. The van der Waals surface area contributed by atoms with E-state index in [2.05, 4.69) is 45.3 Å². The quantitative estimate of drug-likeness (QED) is 0.925. The van der Waals surface area contributed by atoms with Gasteiger partial charge >= 0.3 is 0 Å². The number of aromatic nitrogens is 1. The van der Waals surface area contributed by atoms with Crippen LogP contribution < -0.4 is 5.32 Å². The summed E-state index contributed by atoms with van der Waals surface area (Å²) in [5, 5.41) is 2.99. The number of carbonyl (C=O) groups excluding carboxylic acids is 1. The van der Waals surface area contributed by atoms with E-state index < -0.39 is 0 Å². The lowest BCUT2D eigenvalue weighted by atomic mass is 10.2. The SMILES string of the molecule is Cc1ccc(C[C@H](C)NC(=O)c2cncc(Br)c2)s1. The number of pyridine rings is 1. The molecule has 0 aromatic carbocycles. The van der Waals surface area contributed by atoms with Crippen LogP contribution in [0, 0.1) is 6.92 Å². The molecule has 1 atom stereocenters. The van der Waals surface area contributed by atoms with Crippen molar-refractivity contribution in [1.82, 2.24) is 10.3 Å². The fourth-order valence-corrected chi connectivity index (χ4v) is 3.17. The van der Waals surface area contributed by atoms with Gasteiger partial charge in [0.15, 0.2) is 0 Å². The van der Waals surface area contributed by atoms with Crippen LogP contribution in [0.5, 0.6) is 0 Å². The molecule has 19 heavy (non-hydrogen) atoms. The van der Waals surface area contributed by atoms with E-state index in [1.807, 2.05) is 6.92 Å². The Balaban J connectivity index is 1.95. The number of aryl methyl sites for hydroxylation is 1. The smallest absolute Gasteiger partial charge is 0.253 e. The Morgan fingerprint density at radius 3 is 2.89 bits per heavy atom. The number of rotatable bonds is 4. The second-order valence-corrected chi connectivity index (χ2v) is 6.77. The van der Waals surface area contributed by atoms with Crippen LogP contribution in [0.25, 0.3) is 0 Å². The molecule has 0 spiro atoms. The lowest BCUT2D eigenvalue weighted by Gasteiger charge is -2.12. The van der Waals surface area contributed by atoms with E-state index in [9.17, 15) is 4.79 Å². The van der Waals surface area contributed by atoms with Gasteiger partial charge in [0.05, 0.1) is 5.56 Å². The van der Waals surface area contributed by atoms with E-state index in [0.29, 0.717) is 5.56 Å².